The lowest BCUT2D eigenvalue weighted by molar-refractivity contribution is 0.157. The number of aryl methyl sites for hydroxylation is 2. The molecule has 2 N–H and O–H groups in total. The summed E-state index contributed by atoms with van der Waals surface area (Å²) in [5.41, 5.74) is 3.59. The van der Waals surface area contributed by atoms with E-state index in [4.69, 9.17) is 0 Å². The summed E-state index contributed by atoms with van der Waals surface area (Å²) in [6.07, 6.45) is 4.44. The van der Waals surface area contributed by atoms with E-state index in [0.29, 0.717) is 6.04 Å². The van der Waals surface area contributed by atoms with Gasteiger partial charge in [0.15, 0.2) is 0 Å². The fraction of sp³-hybridized carbons (Fsp3) is 0.800. The number of hydrogen-bond donors (Lipinski definition) is 2. The number of aliphatic hydroxyl groups excluding tert-OH is 1. The molecular formula is C15H27N3O. The molecule has 1 aliphatic carbocycles. The van der Waals surface area contributed by atoms with Crippen molar-refractivity contribution in [3.63, 3.8) is 0 Å². The van der Waals surface area contributed by atoms with Gasteiger partial charge in [-0.2, -0.15) is 5.10 Å². The van der Waals surface area contributed by atoms with Gasteiger partial charge in [-0.1, -0.05) is 6.92 Å². The first-order valence-electron chi connectivity index (χ1n) is 7.40. The lowest BCUT2D eigenvalue weighted by atomic mass is 9.98. The molecule has 1 aromatic heterocycles. The predicted octanol–water partition coefficient (Wildman–Crippen LogP) is 1.96. The summed E-state index contributed by atoms with van der Waals surface area (Å²) >= 11 is 0. The van der Waals surface area contributed by atoms with E-state index in [1.54, 1.807) is 0 Å². The van der Waals surface area contributed by atoms with Crippen molar-refractivity contribution in [2.24, 2.45) is 0 Å². The maximum absolute atomic E-state index is 9.62. The first-order valence-corrected chi connectivity index (χ1v) is 7.40. The van der Waals surface area contributed by atoms with Gasteiger partial charge in [0, 0.05) is 23.8 Å². The number of nitrogens with zero attached hydrogens (tertiary/aromatic N) is 2. The summed E-state index contributed by atoms with van der Waals surface area (Å²) in [6, 6.07) is 0.615. The summed E-state index contributed by atoms with van der Waals surface area (Å²) < 4.78 is 2.09. The Balaban J connectivity index is 2.00. The Kier molecular flexibility index (Phi) is 4.31. The quantitative estimate of drug-likeness (QED) is 0.792. The highest BCUT2D eigenvalue weighted by Crippen LogP contribution is 2.24. The van der Waals surface area contributed by atoms with E-state index in [1.807, 2.05) is 0 Å². The first kappa shape index (κ1) is 14.5. The number of rotatable bonds is 7. The molecule has 4 heteroatoms. The Morgan fingerprint density at radius 1 is 1.42 bits per heavy atom. The van der Waals surface area contributed by atoms with Gasteiger partial charge in [-0.25, -0.2) is 0 Å². The van der Waals surface area contributed by atoms with Gasteiger partial charge in [0.05, 0.1) is 12.3 Å². The molecule has 0 aliphatic heterocycles. The molecule has 1 atom stereocenters. The Bertz CT molecular complexity index is 437. The summed E-state index contributed by atoms with van der Waals surface area (Å²) in [4.78, 5) is 0. The SMILES string of the molecule is CCc1c(C)nn(CCC(C)(CO)NC2CC2)c1C. The summed E-state index contributed by atoms with van der Waals surface area (Å²) in [5, 5.41) is 17.8. The van der Waals surface area contributed by atoms with Crippen molar-refractivity contribution in [1.82, 2.24) is 15.1 Å². The van der Waals surface area contributed by atoms with Crippen LogP contribution in [0, 0.1) is 13.8 Å². The number of aliphatic hydroxyl groups is 1. The summed E-state index contributed by atoms with van der Waals surface area (Å²) in [7, 11) is 0. The molecule has 0 amide bonds. The molecule has 0 aromatic carbocycles. The average molecular weight is 265 g/mol. The Hall–Kier alpha value is -0.870. The molecule has 19 heavy (non-hydrogen) atoms. The van der Waals surface area contributed by atoms with Crippen molar-refractivity contribution < 1.29 is 5.11 Å². The van der Waals surface area contributed by atoms with Crippen LogP contribution in [0.25, 0.3) is 0 Å². The molecule has 4 nitrogen and oxygen atoms in total. The van der Waals surface area contributed by atoms with E-state index in [2.05, 4.69) is 42.8 Å². The predicted molar refractivity (Wildman–Crippen MR) is 77.3 cm³/mol. The van der Waals surface area contributed by atoms with Crippen molar-refractivity contribution in [1.29, 1.82) is 0 Å². The maximum Gasteiger partial charge on any atom is 0.0628 e. The molecule has 0 bridgehead atoms. The van der Waals surface area contributed by atoms with Crippen LogP contribution < -0.4 is 5.32 Å². The molecule has 1 unspecified atom stereocenters. The van der Waals surface area contributed by atoms with Gasteiger partial charge < -0.3 is 10.4 Å². The van der Waals surface area contributed by atoms with Crippen LogP contribution in [0.5, 0.6) is 0 Å². The van der Waals surface area contributed by atoms with Gasteiger partial charge in [0.2, 0.25) is 0 Å². The monoisotopic (exact) mass is 265 g/mol. The van der Waals surface area contributed by atoms with Crippen LogP contribution in [0.2, 0.25) is 0 Å². The summed E-state index contributed by atoms with van der Waals surface area (Å²) in [6.45, 7) is 9.55. The second-order valence-electron chi connectivity index (χ2n) is 6.11. The standard InChI is InChI=1S/C15H27N3O/c1-5-14-11(2)17-18(12(14)3)9-8-15(4,10-19)16-13-6-7-13/h13,16,19H,5-10H2,1-4H3. The van der Waals surface area contributed by atoms with Crippen molar-refractivity contribution in [3.8, 4) is 0 Å². The molecule has 2 rings (SSSR count). The van der Waals surface area contributed by atoms with Crippen LogP contribution in [0.3, 0.4) is 0 Å². The minimum atomic E-state index is -0.181. The molecule has 0 saturated heterocycles. The van der Waals surface area contributed by atoms with Crippen LogP contribution in [0.15, 0.2) is 0 Å². The molecule has 1 fully saturated rings. The molecule has 1 heterocycles. The normalized spacial score (nSPS) is 18.6. The highest BCUT2D eigenvalue weighted by Gasteiger charge is 2.31. The van der Waals surface area contributed by atoms with Gasteiger partial charge in [-0.05, 0) is 52.0 Å². The number of hydrogen-bond acceptors (Lipinski definition) is 3. The molecule has 1 aromatic rings. The third-order valence-electron chi connectivity index (χ3n) is 4.24. The van der Waals surface area contributed by atoms with Crippen molar-refractivity contribution >= 4 is 0 Å². The molecule has 0 spiro atoms. The summed E-state index contributed by atoms with van der Waals surface area (Å²) in [5.74, 6) is 0. The Labute approximate surface area is 116 Å². The molecule has 1 saturated carbocycles. The number of aromatic nitrogens is 2. The van der Waals surface area contributed by atoms with E-state index in [0.717, 1.165) is 25.1 Å². The highest BCUT2D eigenvalue weighted by atomic mass is 16.3. The van der Waals surface area contributed by atoms with Crippen LogP contribution in [0.4, 0.5) is 0 Å². The van der Waals surface area contributed by atoms with Gasteiger partial charge in [-0.15, -0.1) is 0 Å². The number of nitrogens with one attached hydrogen (secondary N) is 1. The first-order chi connectivity index (χ1) is 8.99. The minimum absolute atomic E-state index is 0.181. The zero-order valence-electron chi connectivity index (χ0n) is 12.7. The molecule has 108 valence electrons. The van der Waals surface area contributed by atoms with Gasteiger partial charge >= 0.3 is 0 Å². The van der Waals surface area contributed by atoms with Crippen LogP contribution in [0.1, 0.15) is 50.1 Å². The van der Waals surface area contributed by atoms with Gasteiger partial charge in [0.1, 0.15) is 0 Å². The van der Waals surface area contributed by atoms with Gasteiger partial charge in [0.25, 0.3) is 0 Å². The van der Waals surface area contributed by atoms with E-state index in [-0.39, 0.29) is 12.1 Å². The third kappa shape index (κ3) is 3.37. The third-order valence-corrected chi connectivity index (χ3v) is 4.24. The second-order valence-corrected chi connectivity index (χ2v) is 6.11. The van der Waals surface area contributed by atoms with Crippen LogP contribution in [-0.4, -0.2) is 33.1 Å². The van der Waals surface area contributed by atoms with Crippen molar-refractivity contribution in [2.45, 2.75) is 71.5 Å². The average Bonchev–Trinajstić information content (AvgIpc) is 3.13. The lowest BCUT2D eigenvalue weighted by Gasteiger charge is -2.29. The van der Waals surface area contributed by atoms with Crippen LogP contribution >= 0.6 is 0 Å². The fourth-order valence-electron chi connectivity index (χ4n) is 2.73. The zero-order valence-corrected chi connectivity index (χ0v) is 12.7. The van der Waals surface area contributed by atoms with Crippen molar-refractivity contribution in [2.75, 3.05) is 6.61 Å². The molecular weight excluding hydrogens is 238 g/mol. The van der Waals surface area contributed by atoms with E-state index < -0.39 is 0 Å². The van der Waals surface area contributed by atoms with Crippen LogP contribution in [-0.2, 0) is 13.0 Å². The van der Waals surface area contributed by atoms with E-state index in [9.17, 15) is 5.11 Å². The largest absolute Gasteiger partial charge is 0.394 e. The smallest absolute Gasteiger partial charge is 0.0628 e. The Morgan fingerprint density at radius 2 is 2.11 bits per heavy atom. The molecule has 1 aliphatic rings. The topological polar surface area (TPSA) is 50.1 Å². The maximum atomic E-state index is 9.62. The minimum Gasteiger partial charge on any atom is -0.394 e. The lowest BCUT2D eigenvalue weighted by Crippen LogP contribution is -2.47. The highest BCUT2D eigenvalue weighted by molar-refractivity contribution is 5.24. The van der Waals surface area contributed by atoms with E-state index >= 15 is 0 Å². The van der Waals surface area contributed by atoms with Crippen molar-refractivity contribution in [3.05, 3.63) is 17.0 Å². The van der Waals surface area contributed by atoms with Gasteiger partial charge in [-0.3, -0.25) is 4.68 Å². The van der Waals surface area contributed by atoms with E-state index in [1.165, 1.54) is 24.1 Å². The molecule has 0 radical (unpaired) electrons. The fourth-order valence-corrected chi connectivity index (χ4v) is 2.73. The second kappa shape index (κ2) is 5.63. The zero-order chi connectivity index (χ0) is 14.0. The Morgan fingerprint density at radius 3 is 2.58 bits per heavy atom.